The van der Waals surface area contributed by atoms with Gasteiger partial charge in [0.25, 0.3) is 0 Å². The average Bonchev–Trinajstić information content (AvgIpc) is 3.21. The molecule has 1 heterocycles. The molecule has 5 heteroatoms. The fraction of sp³-hybridized carbons (Fsp3) is 0.350. The Kier molecular flexibility index (Phi) is 4.66. The van der Waals surface area contributed by atoms with Crippen LogP contribution < -0.4 is 15.4 Å². The maximum Gasteiger partial charge on any atom is 0.315 e. The highest BCUT2D eigenvalue weighted by Crippen LogP contribution is 2.32. The van der Waals surface area contributed by atoms with Crippen molar-refractivity contribution < 1.29 is 9.53 Å². The van der Waals surface area contributed by atoms with E-state index in [1.54, 1.807) is 0 Å². The summed E-state index contributed by atoms with van der Waals surface area (Å²) in [6.45, 7) is 1.41. The number of hydrogen-bond donors (Lipinski definition) is 2. The van der Waals surface area contributed by atoms with E-state index in [1.165, 1.54) is 22.3 Å². The van der Waals surface area contributed by atoms with E-state index in [-0.39, 0.29) is 12.1 Å². The molecule has 0 saturated carbocycles. The average molecular weight is 401 g/mol. The van der Waals surface area contributed by atoms with E-state index in [1.807, 2.05) is 12.1 Å². The van der Waals surface area contributed by atoms with Gasteiger partial charge in [-0.2, -0.15) is 0 Å². The molecule has 1 unspecified atom stereocenters. The van der Waals surface area contributed by atoms with Gasteiger partial charge in [-0.3, -0.25) is 0 Å². The van der Waals surface area contributed by atoms with Crippen LogP contribution in [0.1, 0.15) is 34.7 Å². The van der Waals surface area contributed by atoms with Crippen molar-refractivity contribution in [2.75, 3.05) is 13.2 Å². The Morgan fingerprint density at radius 2 is 2.08 bits per heavy atom. The first-order chi connectivity index (χ1) is 12.2. The van der Waals surface area contributed by atoms with Crippen molar-refractivity contribution in [2.45, 2.75) is 31.7 Å². The van der Waals surface area contributed by atoms with Gasteiger partial charge >= 0.3 is 6.03 Å². The number of nitrogens with one attached hydrogen (secondary N) is 2. The largest absolute Gasteiger partial charge is 0.493 e. The van der Waals surface area contributed by atoms with Crippen LogP contribution in [0.2, 0.25) is 0 Å². The molecule has 2 amide bonds. The normalized spacial score (nSPS) is 17.6. The van der Waals surface area contributed by atoms with E-state index in [2.05, 4.69) is 50.8 Å². The van der Waals surface area contributed by atoms with Gasteiger partial charge < -0.3 is 15.4 Å². The predicted octanol–water partition coefficient (Wildman–Crippen LogP) is 3.91. The molecule has 1 atom stereocenters. The first kappa shape index (κ1) is 16.5. The molecule has 0 fully saturated rings. The second-order valence-corrected chi connectivity index (χ2v) is 7.54. The van der Waals surface area contributed by atoms with Gasteiger partial charge in [-0.1, -0.05) is 34.1 Å². The molecule has 2 aromatic rings. The molecule has 0 saturated heterocycles. The highest BCUT2D eigenvalue weighted by Gasteiger charge is 2.23. The van der Waals surface area contributed by atoms with E-state index in [9.17, 15) is 4.79 Å². The summed E-state index contributed by atoms with van der Waals surface area (Å²) >= 11 is 3.50. The van der Waals surface area contributed by atoms with Crippen molar-refractivity contribution in [3.05, 3.63) is 63.1 Å². The van der Waals surface area contributed by atoms with Crippen LogP contribution in [0, 0.1) is 0 Å². The van der Waals surface area contributed by atoms with Crippen LogP contribution >= 0.6 is 15.9 Å². The van der Waals surface area contributed by atoms with Gasteiger partial charge in [0.1, 0.15) is 5.75 Å². The summed E-state index contributed by atoms with van der Waals surface area (Å²) in [6.07, 6.45) is 3.78. The summed E-state index contributed by atoms with van der Waals surface area (Å²) < 4.78 is 6.62. The minimum absolute atomic E-state index is 0.0923. The lowest BCUT2D eigenvalue weighted by Gasteiger charge is -2.15. The number of ether oxygens (including phenoxy) is 1. The van der Waals surface area contributed by atoms with Crippen LogP contribution in [-0.2, 0) is 19.3 Å². The highest BCUT2D eigenvalue weighted by molar-refractivity contribution is 9.10. The molecule has 2 aromatic carbocycles. The zero-order valence-electron chi connectivity index (χ0n) is 14.0. The van der Waals surface area contributed by atoms with Crippen molar-refractivity contribution in [1.29, 1.82) is 0 Å². The number of halogens is 1. The summed E-state index contributed by atoms with van der Waals surface area (Å²) in [5.41, 5.74) is 5.06. The van der Waals surface area contributed by atoms with Crippen LogP contribution in [0.25, 0.3) is 0 Å². The zero-order valence-corrected chi connectivity index (χ0v) is 15.6. The number of rotatable bonds is 4. The molecule has 4 nitrogen and oxygen atoms in total. The topological polar surface area (TPSA) is 50.4 Å². The molecule has 1 aliphatic carbocycles. The summed E-state index contributed by atoms with van der Waals surface area (Å²) in [4.78, 5) is 12.2. The lowest BCUT2D eigenvalue weighted by molar-refractivity contribution is 0.237. The Morgan fingerprint density at radius 3 is 3.00 bits per heavy atom. The second-order valence-electron chi connectivity index (χ2n) is 6.63. The predicted molar refractivity (Wildman–Crippen MR) is 101 cm³/mol. The number of amides is 2. The van der Waals surface area contributed by atoms with E-state index in [4.69, 9.17) is 4.74 Å². The molecule has 25 heavy (non-hydrogen) atoms. The van der Waals surface area contributed by atoms with Gasteiger partial charge in [-0.25, -0.2) is 4.79 Å². The number of carbonyl (C=O) groups is 1. The summed E-state index contributed by atoms with van der Waals surface area (Å²) in [5.74, 6) is 1.00. The van der Waals surface area contributed by atoms with Crippen molar-refractivity contribution in [1.82, 2.24) is 10.6 Å². The highest BCUT2D eigenvalue weighted by atomic mass is 79.9. The number of aryl methyl sites for hydroxylation is 1. The number of carbonyl (C=O) groups excluding carboxylic acids is 1. The quantitative estimate of drug-likeness (QED) is 0.816. The minimum atomic E-state index is -0.0923. The molecule has 0 bridgehead atoms. The Balaban J connectivity index is 1.28. The monoisotopic (exact) mass is 400 g/mol. The maximum absolute atomic E-state index is 12.2. The lowest BCUT2D eigenvalue weighted by atomic mass is 10.1. The third-order valence-electron chi connectivity index (χ3n) is 4.94. The Morgan fingerprint density at radius 1 is 1.16 bits per heavy atom. The number of urea groups is 1. The molecule has 0 spiro atoms. The SMILES string of the molecule is O=C(NCCc1ccc2c(c1)CCO2)NC1CCc2cc(Br)ccc21. The van der Waals surface area contributed by atoms with E-state index >= 15 is 0 Å². The molecule has 2 aliphatic rings. The van der Waals surface area contributed by atoms with Gasteiger partial charge in [-0.15, -0.1) is 0 Å². The van der Waals surface area contributed by atoms with Crippen LogP contribution in [0.3, 0.4) is 0 Å². The molecule has 1 aliphatic heterocycles. The molecule has 0 radical (unpaired) electrons. The summed E-state index contributed by atoms with van der Waals surface area (Å²) in [5, 5.41) is 6.07. The van der Waals surface area contributed by atoms with Gasteiger partial charge in [0.15, 0.2) is 0 Å². The third kappa shape index (κ3) is 3.66. The van der Waals surface area contributed by atoms with E-state index in [0.29, 0.717) is 6.54 Å². The van der Waals surface area contributed by atoms with Crippen LogP contribution in [0.15, 0.2) is 40.9 Å². The smallest absolute Gasteiger partial charge is 0.315 e. The van der Waals surface area contributed by atoms with Gasteiger partial charge in [-0.05, 0) is 59.7 Å². The van der Waals surface area contributed by atoms with Crippen LogP contribution in [-0.4, -0.2) is 19.2 Å². The Hall–Kier alpha value is -2.01. The Labute approximate surface area is 156 Å². The Bertz CT molecular complexity index is 806. The first-order valence-corrected chi connectivity index (χ1v) is 9.55. The fourth-order valence-electron chi connectivity index (χ4n) is 3.66. The minimum Gasteiger partial charge on any atom is -0.493 e. The third-order valence-corrected chi connectivity index (χ3v) is 5.43. The van der Waals surface area contributed by atoms with Crippen molar-refractivity contribution >= 4 is 22.0 Å². The second kappa shape index (κ2) is 7.08. The number of benzene rings is 2. The summed E-state index contributed by atoms with van der Waals surface area (Å²) in [7, 11) is 0. The molecule has 2 N–H and O–H groups in total. The molecule has 130 valence electrons. The van der Waals surface area contributed by atoms with Gasteiger partial charge in [0.2, 0.25) is 0 Å². The van der Waals surface area contributed by atoms with Gasteiger partial charge in [0.05, 0.1) is 12.6 Å². The lowest BCUT2D eigenvalue weighted by Crippen LogP contribution is -2.38. The molecule has 4 rings (SSSR count). The first-order valence-electron chi connectivity index (χ1n) is 8.76. The van der Waals surface area contributed by atoms with E-state index < -0.39 is 0 Å². The standard InChI is InChI=1S/C20H21BrN2O2/c21-16-3-4-17-14(12-16)2-5-18(17)23-20(24)22-9-7-13-1-6-19-15(11-13)8-10-25-19/h1,3-4,6,11-12,18H,2,5,7-10H2,(H2,22,23,24). The maximum atomic E-state index is 12.2. The van der Waals surface area contributed by atoms with Crippen molar-refractivity contribution in [2.24, 2.45) is 0 Å². The number of fused-ring (bicyclic) bond motifs is 2. The van der Waals surface area contributed by atoms with Crippen molar-refractivity contribution in [3.63, 3.8) is 0 Å². The van der Waals surface area contributed by atoms with Crippen LogP contribution in [0.4, 0.5) is 4.79 Å². The van der Waals surface area contributed by atoms with Crippen LogP contribution in [0.5, 0.6) is 5.75 Å². The number of hydrogen-bond acceptors (Lipinski definition) is 2. The summed E-state index contributed by atoms with van der Waals surface area (Å²) in [6, 6.07) is 12.6. The van der Waals surface area contributed by atoms with E-state index in [0.717, 1.165) is 42.5 Å². The zero-order chi connectivity index (χ0) is 17.2. The molecular formula is C20H21BrN2O2. The van der Waals surface area contributed by atoms with Gasteiger partial charge in [0, 0.05) is 17.4 Å². The fourth-order valence-corrected chi connectivity index (χ4v) is 4.07. The molecular weight excluding hydrogens is 380 g/mol. The molecule has 0 aromatic heterocycles. The van der Waals surface area contributed by atoms with Crippen molar-refractivity contribution in [3.8, 4) is 5.75 Å².